The van der Waals surface area contributed by atoms with E-state index in [0.717, 1.165) is 16.8 Å². The van der Waals surface area contributed by atoms with E-state index in [-0.39, 0.29) is 17.1 Å². The third kappa shape index (κ3) is 4.69. The van der Waals surface area contributed by atoms with Crippen LogP contribution in [-0.4, -0.2) is 70.0 Å². The van der Waals surface area contributed by atoms with Crippen molar-refractivity contribution >= 4 is 23.2 Å². The van der Waals surface area contributed by atoms with Crippen molar-refractivity contribution in [1.29, 1.82) is 0 Å². The quantitative estimate of drug-likeness (QED) is 0.320. The predicted octanol–water partition coefficient (Wildman–Crippen LogP) is 2.65. The van der Waals surface area contributed by atoms with Gasteiger partial charge in [0.1, 0.15) is 42.5 Å². The Labute approximate surface area is 216 Å². The molecule has 1 aliphatic heterocycles. The number of rotatable bonds is 5. The number of nitrogens with zero attached hydrogens (tertiary/aromatic N) is 6. The number of hydrogen-bond donors (Lipinski definition) is 3. The summed E-state index contributed by atoms with van der Waals surface area (Å²) in [6.45, 7) is -0.631. The standard InChI is InChI=1S/C22H17Cl2F3N6O4/c23-10-3-11(24)5-12(4-10)33-22(28-8-29-33)21-20(36)18(19(35)16(7-34)37-21)32-6-15(30-31-32)9-1-13(25)17(27)14(26)2-9/h1-6,8,16,18-21,34-36H,7H2/t16-,18+,19+,20-,21-/m1/s1. The first-order valence-corrected chi connectivity index (χ1v) is 11.5. The molecule has 5 rings (SSSR count). The van der Waals surface area contributed by atoms with E-state index in [1.54, 1.807) is 12.1 Å². The largest absolute Gasteiger partial charge is 0.394 e. The van der Waals surface area contributed by atoms with Crippen LogP contribution < -0.4 is 0 Å². The van der Waals surface area contributed by atoms with Gasteiger partial charge in [-0.15, -0.1) is 5.10 Å². The number of aromatic nitrogens is 6. The molecular weight excluding hydrogens is 540 g/mol. The van der Waals surface area contributed by atoms with E-state index >= 15 is 0 Å². The summed E-state index contributed by atoms with van der Waals surface area (Å²) in [5, 5.41) is 44.5. The summed E-state index contributed by atoms with van der Waals surface area (Å²) in [6.07, 6.45) is -3.02. The second kappa shape index (κ2) is 10.0. The first-order chi connectivity index (χ1) is 17.7. The molecular formula is C22H17Cl2F3N6O4. The molecule has 0 aliphatic carbocycles. The molecule has 0 radical (unpaired) electrons. The number of halogens is 5. The molecule has 15 heteroatoms. The minimum Gasteiger partial charge on any atom is -0.394 e. The fourth-order valence-electron chi connectivity index (χ4n) is 4.19. The fourth-order valence-corrected chi connectivity index (χ4v) is 4.71. The highest BCUT2D eigenvalue weighted by Crippen LogP contribution is 2.38. The van der Waals surface area contributed by atoms with E-state index in [1.807, 2.05) is 0 Å². The number of aliphatic hydroxyl groups excluding tert-OH is 3. The molecule has 10 nitrogen and oxygen atoms in total. The zero-order chi connectivity index (χ0) is 26.4. The van der Waals surface area contributed by atoms with Gasteiger partial charge >= 0.3 is 0 Å². The van der Waals surface area contributed by atoms with Crippen molar-refractivity contribution in [2.75, 3.05) is 6.61 Å². The SMILES string of the molecule is OC[C@H]1O[C@@H](c2ncnn2-c2cc(Cl)cc(Cl)c2)[C@H](O)[C@@H](n2cc(-c3cc(F)c(F)c(F)c3)nn2)[C@H]1O. The zero-order valence-electron chi connectivity index (χ0n) is 18.5. The summed E-state index contributed by atoms with van der Waals surface area (Å²) in [5.74, 6) is -4.37. The van der Waals surface area contributed by atoms with Crippen LogP contribution in [0.1, 0.15) is 18.0 Å². The zero-order valence-corrected chi connectivity index (χ0v) is 20.0. The van der Waals surface area contributed by atoms with Crippen molar-refractivity contribution in [2.45, 2.75) is 30.5 Å². The lowest BCUT2D eigenvalue weighted by atomic mass is 9.92. The molecule has 3 N–H and O–H groups in total. The Morgan fingerprint density at radius 1 is 0.973 bits per heavy atom. The molecule has 0 unspecified atom stereocenters. The van der Waals surface area contributed by atoms with Crippen molar-refractivity contribution in [2.24, 2.45) is 0 Å². The molecule has 0 saturated carbocycles. The summed E-state index contributed by atoms with van der Waals surface area (Å²) in [5.41, 5.74) is 0.233. The van der Waals surface area contributed by atoms with Crippen LogP contribution in [-0.2, 0) is 4.74 Å². The maximum atomic E-state index is 13.7. The van der Waals surface area contributed by atoms with Crippen LogP contribution in [0, 0.1) is 17.5 Å². The van der Waals surface area contributed by atoms with Gasteiger partial charge in [-0.1, -0.05) is 28.4 Å². The van der Waals surface area contributed by atoms with Crippen LogP contribution in [0.3, 0.4) is 0 Å². The Morgan fingerprint density at radius 3 is 2.30 bits per heavy atom. The Bertz CT molecular complexity index is 1410. The van der Waals surface area contributed by atoms with Crippen molar-refractivity contribution in [3.05, 3.63) is 76.2 Å². The highest BCUT2D eigenvalue weighted by molar-refractivity contribution is 6.34. The Balaban J connectivity index is 1.52. The van der Waals surface area contributed by atoms with Crippen LogP contribution in [0.25, 0.3) is 16.9 Å². The van der Waals surface area contributed by atoms with Crippen molar-refractivity contribution < 1.29 is 33.2 Å². The van der Waals surface area contributed by atoms with Crippen molar-refractivity contribution in [1.82, 2.24) is 29.8 Å². The van der Waals surface area contributed by atoms with Gasteiger partial charge < -0.3 is 20.1 Å². The lowest BCUT2D eigenvalue weighted by Gasteiger charge is -2.41. The van der Waals surface area contributed by atoms with Gasteiger partial charge in [0.25, 0.3) is 0 Å². The van der Waals surface area contributed by atoms with Gasteiger partial charge in [-0.3, -0.25) is 0 Å². The van der Waals surface area contributed by atoms with Gasteiger partial charge in [0, 0.05) is 15.6 Å². The lowest BCUT2D eigenvalue weighted by molar-refractivity contribution is -0.210. The highest BCUT2D eigenvalue weighted by Gasteiger charge is 2.48. The number of ether oxygens (including phenoxy) is 1. The third-order valence-electron chi connectivity index (χ3n) is 5.91. The number of hydrogen-bond acceptors (Lipinski definition) is 8. The van der Waals surface area contributed by atoms with Gasteiger partial charge in [0.15, 0.2) is 23.3 Å². The first kappa shape index (κ1) is 25.6. The monoisotopic (exact) mass is 556 g/mol. The van der Waals surface area contributed by atoms with E-state index in [2.05, 4.69) is 20.4 Å². The maximum Gasteiger partial charge on any atom is 0.194 e. The Morgan fingerprint density at radius 2 is 1.65 bits per heavy atom. The summed E-state index contributed by atoms with van der Waals surface area (Å²) in [7, 11) is 0. The van der Waals surface area contributed by atoms with E-state index in [4.69, 9.17) is 27.9 Å². The van der Waals surface area contributed by atoms with Gasteiger partial charge in [0.2, 0.25) is 0 Å². The molecule has 2 aromatic carbocycles. The van der Waals surface area contributed by atoms with Crippen molar-refractivity contribution in [3.8, 4) is 16.9 Å². The van der Waals surface area contributed by atoms with Crippen LogP contribution in [0.4, 0.5) is 13.2 Å². The van der Waals surface area contributed by atoms with E-state index in [9.17, 15) is 28.5 Å². The molecule has 37 heavy (non-hydrogen) atoms. The van der Waals surface area contributed by atoms with Gasteiger partial charge in [-0.05, 0) is 30.3 Å². The minimum absolute atomic E-state index is 0.0578. The first-order valence-electron chi connectivity index (χ1n) is 10.7. The number of aliphatic hydroxyl groups is 3. The summed E-state index contributed by atoms with van der Waals surface area (Å²) < 4.78 is 49.0. The molecule has 0 amide bonds. The van der Waals surface area contributed by atoms with E-state index in [0.29, 0.717) is 15.7 Å². The van der Waals surface area contributed by atoms with Crippen molar-refractivity contribution in [3.63, 3.8) is 0 Å². The Hall–Kier alpha value is -3.07. The molecule has 3 heterocycles. The second-order valence-corrected chi connectivity index (χ2v) is 9.12. The average molecular weight is 557 g/mol. The number of benzene rings is 2. The predicted molar refractivity (Wildman–Crippen MR) is 122 cm³/mol. The van der Waals surface area contributed by atoms with Crippen LogP contribution in [0.5, 0.6) is 0 Å². The second-order valence-electron chi connectivity index (χ2n) is 8.24. The van der Waals surface area contributed by atoms with Crippen LogP contribution in [0.2, 0.25) is 10.0 Å². The summed E-state index contributed by atoms with van der Waals surface area (Å²) >= 11 is 12.2. The molecule has 0 bridgehead atoms. The maximum absolute atomic E-state index is 13.7. The Kier molecular flexibility index (Phi) is 6.91. The lowest BCUT2D eigenvalue weighted by Crippen LogP contribution is -2.53. The molecule has 1 fully saturated rings. The van der Waals surface area contributed by atoms with Gasteiger partial charge in [0.05, 0.1) is 18.5 Å². The molecule has 194 valence electrons. The summed E-state index contributed by atoms with van der Waals surface area (Å²) in [4.78, 5) is 4.18. The topological polar surface area (TPSA) is 131 Å². The van der Waals surface area contributed by atoms with E-state index in [1.165, 1.54) is 23.3 Å². The van der Waals surface area contributed by atoms with Gasteiger partial charge in [-0.2, -0.15) is 5.10 Å². The minimum atomic E-state index is -1.63. The average Bonchev–Trinajstić information content (AvgIpc) is 3.52. The molecule has 5 atom stereocenters. The van der Waals surface area contributed by atoms with Crippen LogP contribution >= 0.6 is 23.2 Å². The fraction of sp³-hybridized carbons (Fsp3) is 0.273. The van der Waals surface area contributed by atoms with E-state index < -0.39 is 54.5 Å². The van der Waals surface area contributed by atoms with Gasteiger partial charge in [-0.25, -0.2) is 27.5 Å². The molecule has 1 saturated heterocycles. The molecule has 2 aromatic heterocycles. The third-order valence-corrected chi connectivity index (χ3v) is 6.34. The smallest absolute Gasteiger partial charge is 0.194 e. The summed E-state index contributed by atoms with van der Waals surface area (Å²) in [6, 6.07) is 4.86. The highest BCUT2D eigenvalue weighted by atomic mass is 35.5. The molecule has 4 aromatic rings. The normalized spacial score (nSPS) is 23.9. The van der Waals surface area contributed by atoms with Crippen LogP contribution in [0.15, 0.2) is 42.9 Å². The molecule has 1 aliphatic rings. The molecule has 0 spiro atoms.